The van der Waals surface area contributed by atoms with Gasteiger partial charge < -0.3 is 10.1 Å². The predicted octanol–water partition coefficient (Wildman–Crippen LogP) is 3.94. The number of hydrogen-bond donors (Lipinski definition) is 1. The third kappa shape index (κ3) is 2.84. The normalized spacial score (nSPS) is 18.6. The molecule has 1 N–H and O–H groups in total. The molecule has 0 saturated heterocycles. The van der Waals surface area contributed by atoms with Gasteiger partial charge in [0.2, 0.25) is 0 Å². The first-order valence-electron chi connectivity index (χ1n) is 9.00. The molecule has 0 unspecified atom stereocenters. The average molecular weight is 351 g/mol. The lowest BCUT2D eigenvalue weighted by Crippen LogP contribution is -2.36. The molecule has 2 aromatic heterocycles. The highest BCUT2D eigenvalue weighted by Gasteiger charge is 2.30. The van der Waals surface area contributed by atoms with Crippen molar-refractivity contribution in [2.45, 2.75) is 52.2 Å². The average Bonchev–Trinajstić information content (AvgIpc) is 2.97. The summed E-state index contributed by atoms with van der Waals surface area (Å²) in [5.41, 5.74) is 6.04. The first-order chi connectivity index (χ1) is 12.4. The summed E-state index contributed by atoms with van der Waals surface area (Å²) in [5, 5.41) is 8.27. The number of methoxy groups -OCH3 is 1. The van der Waals surface area contributed by atoms with E-state index in [1.807, 2.05) is 6.07 Å². The lowest BCUT2D eigenvalue weighted by Gasteiger charge is -2.38. The Morgan fingerprint density at radius 2 is 2.15 bits per heavy atom. The first-order valence-corrected chi connectivity index (χ1v) is 9.00. The van der Waals surface area contributed by atoms with Gasteiger partial charge in [-0.1, -0.05) is 13.0 Å². The Balaban J connectivity index is 1.88. The lowest BCUT2D eigenvalue weighted by atomic mass is 9.80. The van der Waals surface area contributed by atoms with Crippen LogP contribution < -0.4 is 5.32 Å². The molecule has 1 atom stereocenters. The number of ether oxygens (including phenoxy) is 1. The van der Waals surface area contributed by atoms with Crippen LogP contribution in [0.3, 0.4) is 0 Å². The van der Waals surface area contributed by atoms with Crippen molar-refractivity contribution in [3.8, 4) is 11.3 Å². The fourth-order valence-electron chi connectivity index (χ4n) is 4.04. The van der Waals surface area contributed by atoms with E-state index in [2.05, 4.69) is 60.2 Å². The second-order valence-corrected chi connectivity index (χ2v) is 7.87. The number of nitrogens with one attached hydrogen (secondary N) is 1. The van der Waals surface area contributed by atoms with Gasteiger partial charge in [-0.15, -0.1) is 5.10 Å². The Morgan fingerprint density at radius 1 is 1.35 bits per heavy atom. The van der Waals surface area contributed by atoms with Gasteiger partial charge in [-0.25, -0.2) is 4.98 Å². The molecular weight excluding hydrogens is 326 g/mol. The molecule has 6 nitrogen and oxygen atoms in total. The lowest BCUT2D eigenvalue weighted by molar-refractivity contribution is 0.178. The molecule has 3 aromatic rings. The van der Waals surface area contributed by atoms with Gasteiger partial charge in [0.05, 0.1) is 5.69 Å². The third-order valence-electron chi connectivity index (χ3n) is 5.05. The molecule has 0 aliphatic carbocycles. The summed E-state index contributed by atoms with van der Waals surface area (Å²) in [6, 6.07) is 6.54. The molecule has 0 amide bonds. The molecule has 6 heteroatoms. The Kier molecular flexibility index (Phi) is 3.95. The highest BCUT2D eigenvalue weighted by Crippen LogP contribution is 2.41. The summed E-state index contributed by atoms with van der Waals surface area (Å²) in [6.07, 6.45) is 2.91. The molecule has 0 fully saturated rings. The molecular formula is C20H25N5O. The topological polar surface area (TPSA) is 64.3 Å². The molecule has 26 heavy (non-hydrogen) atoms. The second kappa shape index (κ2) is 6.06. The highest BCUT2D eigenvalue weighted by atomic mass is 16.5. The van der Waals surface area contributed by atoms with Gasteiger partial charge in [0.1, 0.15) is 6.61 Å². The maximum absolute atomic E-state index is 5.16. The number of benzene rings is 1. The van der Waals surface area contributed by atoms with Gasteiger partial charge in [0.25, 0.3) is 5.78 Å². The molecule has 1 aromatic carbocycles. The van der Waals surface area contributed by atoms with Crippen molar-refractivity contribution in [3.63, 3.8) is 0 Å². The van der Waals surface area contributed by atoms with Crippen molar-refractivity contribution in [2.24, 2.45) is 0 Å². The van der Waals surface area contributed by atoms with Gasteiger partial charge in [-0.05, 0) is 56.4 Å². The molecule has 3 heterocycles. The largest absolute Gasteiger partial charge is 0.380 e. The van der Waals surface area contributed by atoms with Gasteiger partial charge >= 0.3 is 0 Å². The van der Waals surface area contributed by atoms with Crippen LogP contribution in [0.25, 0.3) is 17.0 Å². The second-order valence-electron chi connectivity index (χ2n) is 7.87. The van der Waals surface area contributed by atoms with E-state index in [9.17, 15) is 0 Å². The fourth-order valence-corrected chi connectivity index (χ4v) is 4.04. The van der Waals surface area contributed by atoms with E-state index in [1.54, 1.807) is 17.8 Å². The summed E-state index contributed by atoms with van der Waals surface area (Å²) in [7, 11) is 1.64. The van der Waals surface area contributed by atoms with E-state index < -0.39 is 0 Å². The van der Waals surface area contributed by atoms with Crippen molar-refractivity contribution >= 4 is 11.5 Å². The van der Waals surface area contributed by atoms with E-state index in [0.717, 1.165) is 17.7 Å². The zero-order valence-corrected chi connectivity index (χ0v) is 16.0. The number of fused-ring (bicyclic) bond motifs is 2. The summed E-state index contributed by atoms with van der Waals surface area (Å²) >= 11 is 0. The van der Waals surface area contributed by atoms with Gasteiger partial charge in [-0.3, -0.25) is 0 Å². The smallest absolute Gasteiger partial charge is 0.253 e. The SMILES string of the molecule is COCc1nc2nccc(-c3cc4c(cc3C)[C@@H](C)CC(C)(C)N4)n2n1. The molecule has 0 saturated carbocycles. The maximum atomic E-state index is 5.16. The van der Waals surface area contributed by atoms with E-state index in [4.69, 9.17) is 4.74 Å². The van der Waals surface area contributed by atoms with Crippen LogP contribution in [0.2, 0.25) is 0 Å². The molecule has 4 rings (SSSR count). The number of rotatable bonds is 3. The van der Waals surface area contributed by atoms with Gasteiger partial charge in [0, 0.05) is 30.1 Å². The first kappa shape index (κ1) is 17.0. The third-order valence-corrected chi connectivity index (χ3v) is 5.05. The highest BCUT2D eigenvalue weighted by molar-refractivity contribution is 5.73. The summed E-state index contributed by atoms with van der Waals surface area (Å²) in [6.45, 7) is 9.34. The number of hydrogen-bond acceptors (Lipinski definition) is 5. The van der Waals surface area contributed by atoms with Crippen LogP contribution in [0.1, 0.15) is 50.1 Å². The zero-order chi connectivity index (χ0) is 18.5. The van der Waals surface area contributed by atoms with Gasteiger partial charge in [-0.2, -0.15) is 9.50 Å². The number of aryl methyl sites for hydroxylation is 1. The minimum atomic E-state index is 0.0887. The maximum Gasteiger partial charge on any atom is 0.253 e. The molecule has 0 radical (unpaired) electrons. The van der Waals surface area contributed by atoms with Crippen molar-refractivity contribution in [2.75, 3.05) is 12.4 Å². The predicted molar refractivity (Wildman–Crippen MR) is 102 cm³/mol. The van der Waals surface area contributed by atoms with E-state index in [1.165, 1.54) is 16.8 Å². The minimum Gasteiger partial charge on any atom is -0.380 e. The van der Waals surface area contributed by atoms with Crippen LogP contribution in [0.4, 0.5) is 5.69 Å². The van der Waals surface area contributed by atoms with Crippen molar-refractivity contribution < 1.29 is 4.74 Å². The number of aromatic nitrogens is 4. The standard InChI is InChI=1S/C20H25N5O/c1-12-8-14-13(2)10-20(3,4)23-16(14)9-15(12)17-6-7-21-19-22-18(11-26-5)24-25(17)19/h6-9,13,23H,10-11H2,1-5H3/t13-/m0/s1. The van der Waals surface area contributed by atoms with Crippen molar-refractivity contribution in [1.29, 1.82) is 0 Å². The fraction of sp³-hybridized carbons (Fsp3) is 0.450. The molecule has 0 bridgehead atoms. The van der Waals surface area contributed by atoms with E-state index in [-0.39, 0.29) is 5.54 Å². The number of nitrogens with zero attached hydrogens (tertiary/aromatic N) is 4. The Labute approximate surface area is 153 Å². The van der Waals surface area contributed by atoms with Crippen molar-refractivity contribution in [1.82, 2.24) is 19.6 Å². The number of anilines is 1. The van der Waals surface area contributed by atoms with E-state index >= 15 is 0 Å². The quantitative estimate of drug-likeness (QED) is 0.774. The van der Waals surface area contributed by atoms with Gasteiger partial charge in [0.15, 0.2) is 5.82 Å². The Hall–Kier alpha value is -2.47. The van der Waals surface area contributed by atoms with E-state index in [0.29, 0.717) is 24.1 Å². The van der Waals surface area contributed by atoms with Crippen LogP contribution in [-0.4, -0.2) is 32.2 Å². The minimum absolute atomic E-state index is 0.0887. The van der Waals surface area contributed by atoms with Crippen LogP contribution in [0.15, 0.2) is 24.4 Å². The Bertz CT molecular complexity index is 976. The van der Waals surface area contributed by atoms with Crippen LogP contribution in [0, 0.1) is 6.92 Å². The summed E-state index contributed by atoms with van der Waals surface area (Å²) in [5.74, 6) is 1.76. The molecule has 0 spiro atoms. The van der Waals surface area contributed by atoms with Crippen molar-refractivity contribution in [3.05, 3.63) is 41.3 Å². The summed E-state index contributed by atoms with van der Waals surface area (Å²) in [4.78, 5) is 8.78. The van der Waals surface area contributed by atoms with Crippen LogP contribution >= 0.6 is 0 Å². The van der Waals surface area contributed by atoms with Crippen LogP contribution in [0.5, 0.6) is 0 Å². The monoisotopic (exact) mass is 351 g/mol. The molecule has 136 valence electrons. The zero-order valence-electron chi connectivity index (χ0n) is 16.0. The Morgan fingerprint density at radius 3 is 2.92 bits per heavy atom. The molecule has 1 aliphatic rings. The molecule has 1 aliphatic heterocycles. The van der Waals surface area contributed by atoms with Crippen LogP contribution in [-0.2, 0) is 11.3 Å². The summed E-state index contributed by atoms with van der Waals surface area (Å²) < 4.78 is 6.97.